The Bertz CT molecular complexity index is 1370. The Morgan fingerprint density at radius 2 is 1.67 bits per heavy atom. The number of halogens is 1. The first kappa shape index (κ1) is 30.4. The fraction of sp³-hybridized carbons (Fsp3) is 0.333. The minimum Gasteiger partial charge on any atom is -0.354 e. The van der Waals surface area contributed by atoms with Gasteiger partial charge < -0.3 is 10.2 Å². The zero-order chi connectivity index (χ0) is 28.4. The summed E-state index contributed by atoms with van der Waals surface area (Å²) in [6.45, 7) is 4.23. The van der Waals surface area contributed by atoms with Gasteiger partial charge in [-0.25, -0.2) is 8.42 Å². The lowest BCUT2D eigenvalue weighted by molar-refractivity contribution is -0.140. The van der Waals surface area contributed by atoms with E-state index in [-0.39, 0.29) is 12.5 Å². The molecule has 0 saturated carbocycles. The molecule has 1 N–H and O–H groups in total. The van der Waals surface area contributed by atoms with Crippen molar-refractivity contribution >= 4 is 43.5 Å². The summed E-state index contributed by atoms with van der Waals surface area (Å²) in [6.07, 6.45) is 3.11. The van der Waals surface area contributed by atoms with Crippen LogP contribution in [0, 0.1) is 6.92 Å². The standard InChI is InChI=1S/C30H36BrN3O4S/c1-4-5-18-32-30(36)28(19-24-13-7-6-8-14-24)33(21-25-15-10-9-12-23(25)2)29(35)22-34(39(3,37)38)27-17-11-16-26(31)20-27/h6-17,20,28H,4-5,18-19,21-22H2,1-3H3,(H,32,36)/t28-/m0/s1. The number of nitrogens with zero attached hydrogens (tertiary/aromatic N) is 2. The molecule has 0 radical (unpaired) electrons. The fourth-order valence-corrected chi connectivity index (χ4v) is 5.50. The van der Waals surface area contributed by atoms with Crippen molar-refractivity contribution in [3.05, 3.63) is 100 Å². The molecule has 0 aliphatic carbocycles. The molecule has 1 atom stereocenters. The van der Waals surface area contributed by atoms with E-state index in [2.05, 4.69) is 21.2 Å². The van der Waals surface area contributed by atoms with Crippen LogP contribution in [0.5, 0.6) is 0 Å². The largest absolute Gasteiger partial charge is 0.354 e. The first-order valence-corrected chi connectivity index (χ1v) is 15.6. The number of benzene rings is 3. The number of hydrogen-bond donors (Lipinski definition) is 1. The van der Waals surface area contributed by atoms with Crippen LogP contribution in [0.15, 0.2) is 83.3 Å². The third kappa shape index (κ3) is 8.93. The molecule has 208 valence electrons. The minimum atomic E-state index is -3.80. The summed E-state index contributed by atoms with van der Waals surface area (Å²) in [4.78, 5) is 29.2. The number of carbonyl (C=O) groups excluding carboxylic acids is 2. The van der Waals surface area contributed by atoms with Gasteiger partial charge in [0.05, 0.1) is 11.9 Å². The molecular formula is C30H36BrN3O4S. The van der Waals surface area contributed by atoms with Crippen molar-refractivity contribution in [1.29, 1.82) is 0 Å². The van der Waals surface area contributed by atoms with E-state index in [1.807, 2.05) is 68.4 Å². The van der Waals surface area contributed by atoms with Gasteiger partial charge in [-0.3, -0.25) is 13.9 Å². The SMILES string of the molecule is CCCCNC(=O)[C@H](Cc1ccccc1)N(Cc1ccccc1C)C(=O)CN(c1cccc(Br)c1)S(C)(=O)=O. The minimum absolute atomic E-state index is 0.167. The summed E-state index contributed by atoms with van der Waals surface area (Å²) in [7, 11) is -3.80. The molecule has 0 bridgehead atoms. The van der Waals surface area contributed by atoms with Gasteiger partial charge in [0, 0.05) is 24.0 Å². The van der Waals surface area contributed by atoms with Gasteiger partial charge in [0.25, 0.3) is 0 Å². The maximum absolute atomic E-state index is 14.1. The smallest absolute Gasteiger partial charge is 0.244 e. The van der Waals surface area contributed by atoms with Gasteiger partial charge in [0.1, 0.15) is 12.6 Å². The first-order chi connectivity index (χ1) is 18.6. The number of carbonyl (C=O) groups is 2. The fourth-order valence-electron chi connectivity index (χ4n) is 4.28. The van der Waals surface area contributed by atoms with Crippen LogP contribution in [0.25, 0.3) is 0 Å². The summed E-state index contributed by atoms with van der Waals surface area (Å²) >= 11 is 3.38. The van der Waals surface area contributed by atoms with Crippen molar-refractivity contribution in [3.8, 4) is 0 Å². The van der Waals surface area contributed by atoms with E-state index in [4.69, 9.17) is 0 Å². The number of aryl methyl sites for hydroxylation is 1. The summed E-state index contributed by atoms with van der Waals surface area (Å²) in [5.41, 5.74) is 3.14. The topological polar surface area (TPSA) is 86.8 Å². The van der Waals surface area contributed by atoms with Crippen LogP contribution in [0.4, 0.5) is 5.69 Å². The molecule has 0 spiro atoms. The number of amides is 2. The molecule has 9 heteroatoms. The molecule has 0 aliphatic rings. The van der Waals surface area contributed by atoms with Crippen molar-refractivity contribution in [1.82, 2.24) is 10.2 Å². The lowest BCUT2D eigenvalue weighted by Gasteiger charge is -2.34. The Labute approximate surface area is 240 Å². The number of unbranched alkanes of at least 4 members (excludes halogenated alkanes) is 1. The molecule has 3 rings (SSSR count). The molecule has 39 heavy (non-hydrogen) atoms. The molecule has 2 amide bonds. The third-order valence-electron chi connectivity index (χ3n) is 6.48. The van der Waals surface area contributed by atoms with Gasteiger partial charge in [0.15, 0.2) is 0 Å². The lowest BCUT2D eigenvalue weighted by atomic mass is 10.0. The van der Waals surface area contributed by atoms with E-state index in [1.54, 1.807) is 24.3 Å². The van der Waals surface area contributed by atoms with Gasteiger partial charge in [-0.1, -0.05) is 89.9 Å². The summed E-state index contributed by atoms with van der Waals surface area (Å²) in [6, 6.07) is 23.2. The lowest BCUT2D eigenvalue weighted by Crippen LogP contribution is -2.53. The molecule has 3 aromatic carbocycles. The monoisotopic (exact) mass is 613 g/mol. The highest BCUT2D eigenvalue weighted by Gasteiger charge is 2.33. The van der Waals surface area contributed by atoms with Crippen LogP contribution in [-0.2, 0) is 32.6 Å². The molecule has 0 unspecified atom stereocenters. The molecule has 0 fully saturated rings. The second-order valence-corrected chi connectivity index (χ2v) is 12.4. The van der Waals surface area contributed by atoms with Crippen molar-refractivity contribution in [2.75, 3.05) is 23.7 Å². The van der Waals surface area contributed by atoms with E-state index in [1.165, 1.54) is 4.90 Å². The molecule has 0 aliphatic heterocycles. The second-order valence-electron chi connectivity index (χ2n) is 9.55. The van der Waals surface area contributed by atoms with E-state index in [0.29, 0.717) is 23.1 Å². The van der Waals surface area contributed by atoms with Gasteiger partial charge in [-0.2, -0.15) is 0 Å². The summed E-state index contributed by atoms with van der Waals surface area (Å²) in [5.74, 6) is -0.724. The van der Waals surface area contributed by atoms with Crippen LogP contribution in [0.2, 0.25) is 0 Å². The Kier molecular flexibility index (Phi) is 11.1. The second kappa shape index (κ2) is 14.3. The molecule has 0 aromatic heterocycles. The number of hydrogen-bond acceptors (Lipinski definition) is 4. The summed E-state index contributed by atoms with van der Waals surface area (Å²) < 4.78 is 27.5. The molecule has 0 heterocycles. The van der Waals surface area contributed by atoms with E-state index >= 15 is 0 Å². The van der Waals surface area contributed by atoms with Crippen LogP contribution >= 0.6 is 15.9 Å². The Hall–Kier alpha value is -3.17. The average Bonchev–Trinajstić information content (AvgIpc) is 2.90. The predicted molar refractivity (Wildman–Crippen MR) is 160 cm³/mol. The van der Waals surface area contributed by atoms with Gasteiger partial charge in [-0.05, 0) is 48.2 Å². The molecule has 0 saturated heterocycles. The van der Waals surface area contributed by atoms with Crippen molar-refractivity contribution in [2.45, 2.75) is 45.7 Å². The first-order valence-electron chi connectivity index (χ1n) is 13.0. The van der Waals surface area contributed by atoms with Gasteiger partial charge in [0.2, 0.25) is 21.8 Å². The van der Waals surface area contributed by atoms with Crippen LogP contribution < -0.4 is 9.62 Å². The quantitative estimate of drug-likeness (QED) is 0.272. The number of sulfonamides is 1. The maximum Gasteiger partial charge on any atom is 0.244 e. The van der Waals surface area contributed by atoms with Crippen molar-refractivity contribution < 1.29 is 18.0 Å². The highest BCUT2D eigenvalue weighted by atomic mass is 79.9. The van der Waals surface area contributed by atoms with Crippen LogP contribution in [0.1, 0.15) is 36.5 Å². The number of nitrogens with one attached hydrogen (secondary N) is 1. The van der Waals surface area contributed by atoms with Crippen LogP contribution in [0.3, 0.4) is 0 Å². The number of rotatable bonds is 13. The van der Waals surface area contributed by atoms with Crippen molar-refractivity contribution in [2.24, 2.45) is 0 Å². The zero-order valence-corrected chi connectivity index (χ0v) is 25.0. The Balaban J connectivity index is 2.04. The Morgan fingerprint density at radius 3 is 2.31 bits per heavy atom. The van der Waals surface area contributed by atoms with Gasteiger partial charge >= 0.3 is 0 Å². The average molecular weight is 615 g/mol. The predicted octanol–water partition coefficient (Wildman–Crippen LogP) is 5.08. The van der Waals surface area contributed by atoms with Gasteiger partial charge in [-0.15, -0.1) is 0 Å². The van der Waals surface area contributed by atoms with Crippen molar-refractivity contribution in [3.63, 3.8) is 0 Å². The third-order valence-corrected chi connectivity index (χ3v) is 8.11. The number of anilines is 1. The zero-order valence-electron chi connectivity index (χ0n) is 22.6. The normalized spacial score (nSPS) is 12.0. The maximum atomic E-state index is 14.1. The van der Waals surface area contributed by atoms with E-state index in [9.17, 15) is 18.0 Å². The molecular weight excluding hydrogens is 578 g/mol. The van der Waals surface area contributed by atoms with Crippen LogP contribution in [-0.4, -0.2) is 50.5 Å². The van der Waals surface area contributed by atoms with E-state index < -0.39 is 28.5 Å². The molecule has 7 nitrogen and oxygen atoms in total. The summed E-state index contributed by atoms with van der Waals surface area (Å²) in [5, 5.41) is 2.99. The molecule has 3 aromatic rings. The Morgan fingerprint density at radius 1 is 0.974 bits per heavy atom. The van der Waals surface area contributed by atoms with E-state index in [0.717, 1.165) is 40.1 Å². The highest BCUT2D eigenvalue weighted by Crippen LogP contribution is 2.24. The highest BCUT2D eigenvalue weighted by molar-refractivity contribution is 9.10.